The van der Waals surface area contributed by atoms with Gasteiger partial charge in [-0.15, -0.1) is 0 Å². The highest BCUT2D eigenvalue weighted by Gasteiger charge is 2.18. The molecule has 0 aliphatic heterocycles. The topological polar surface area (TPSA) is 75.7 Å². The Morgan fingerprint density at radius 3 is 2.59 bits per heavy atom. The molecule has 1 N–H and O–H groups in total. The van der Waals surface area contributed by atoms with E-state index in [1.165, 1.54) is 11.4 Å². The van der Waals surface area contributed by atoms with Crippen molar-refractivity contribution in [1.29, 1.82) is 0 Å². The summed E-state index contributed by atoms with van der Waals surface area (Å²) >= 11 is 0. The van der Waals surface area contributed by atoms with Crippen LogP contribution in [-0.4, -0.2) is 40.8 Å². The molecule has 0 saturated heterocycles. The molecule has 0 aliphatic rings. The highest BCUT2D eigenvalue weighted by molar-refractivity contribution is 7.92. The molecule has 1 rings (SSSR count). The maximum atomic E-state index is 12.0. The number of methoxy groups -OCH3 is 1. The highest BCUT2D eigenvalue weighted by Crippen LogP contribution is 2.22. The van der Waals surface area contributed by atoms with E-state index >= 15 is 0 Å². The number of nitrogens with zero attached hydrogens (tertiary/aromatic N) is 1. The van der Waals surface area contributed by atoms with Crippen molar-refractivity contribution in [3.63, 3.8) is 0 Å². The van der Waals surface area contributed by atoms with E-state index in [1.54, 1.807) is 24.3 Å². The number of anilines is 1. The van der Waals surface area contributed by atoms with Gasteiger partial charge in [0, 0.05) is 19.0 Å². The average molecular weight is 328 g/mol. The molecule has 0 aliphatic carbocycles. The van der Waals surface area contributed by atoms with Crippen molar-refractivity contribution in [3.8, 4) is 5.75 Å². The Balaban J connectivity index is 2.76. The molecule has 124 valence electrons. The summed E-state index contributed by atoms with van der Waals surface area (Å²) in [6, 6.07) is 6.81. The summed E-state index contributed by atoms with van der Waals surface area (Å²) in [5, 5.41) is 2.74. The molecule has 0 atom stereocenters. The van der Waals surface area contributed by atoms with Crippen molar-refractivity contribution in [2.24, 2.45) is 5.92 Å². The van der Waals surface area contributed by atoms with Crippen molar-refractivity contribution in [2.75, 3.05) is 30.8 Å². The predicted octanol–water partition coefficient (Wildman–Crippen LogP) is 1.62. The summed E-state index contributed by atoms with van der Waals surface area (Å²) in [6.07, 6.45) is 1.57. The molecule has 22 heavy (non-hydrogen) atoms. The van der Waals surface area contributed by atoms with Gasteiger partial charge in [-0.3, -0.25) is 9.10 Å². The Labute approximate surface area is 132 Å². The number of carbonyl (C=O) groups is 1. The standard InChI is InChI=1S/C15H24N2O4S/c1-12(2)10-15(18)16-8-9-17(22(4,19)20)13-6-5-7-14(11-13)21-3/h5-7,11-12H,8-10H2,1-4H3,(H,16,18). The third kappa shape index (κ3) is 5.93. The van der Waals surface area contributed by atoms with Crippen LogP contribution in [0.4, 0.5) is 5.69 Å². The van der Waals surface area contributed by atoms with E-state index in [2.05, 4.69) is 5.32 Å². The zero-order chi connectivity index (χ0) is 16.8. The van der Waals surface area contributed by atoms with Crippen LogP contribution in [0.25, 0.3) is 0 Å². The van der Waals surface area contributed by atoms with Crippen LogP contribution in [0, 0.1) is 5.92 Å². The first-order valence-corrected chi connectivity index (χ1v) is 8.97. The number of nitrogens with one attached hydrogen (secondary N) is 1. The number of carbonyl (C=O) groups excluding carboxylic acids is 1. The van der Waals surface area contributed by atoms with E-state index in [-0.39, 0.29) is 24.9 Å². The van der Waals surface area contributed by atoms with E-state index in [0.29, 0.717) is 17.9 Å². The normalized spacial score (nSPS) is 11.3. The summed E-state index contributed by atoms with van der Waals surface area (Å²) in [5.74, 6) is 0.772. The van der Waals surface area contributed by atoms with E-state index in [9.17, 15) is 13.2 Å². The smallest absolute Gasteiger partial charge is 0.232 e. The summed E-state index contributed by atoms with van der Waals surface area (Å²) in [5.41, 5.74) is 0.514. The van der Waals surface area contributed by atoms with Crippen LogP contribution in [0.1, 0.15) is 20.3 Å². The molecular formula is C15H24N2O4S. The molecule has 0 spiro atoms. The minimum atomic E-state index is -3.44. The number of amides is 1. The molecule has 0 fully saturated rings. The first-order chi connectivity index (χ1) is 10.2. The second-order valence-electron chi connectivity index (χ2n) is 5.48. The van der Waals surface area contributed by atoms with Crippen LogP contribution >= 0.6 is 0 Å². The van der Waals surface area contributed by atoms with Gasteiger partial charge in [-0.25, -0.2) is 8.42 Å². The largest absolute Gasteiger partial charge is 0.497 e. The lowest BCUT2D eigenvalue weighted by molar-refractivity contribution is -0.121. The maximum absolute atomic E-state index is 12.0. The van der Waals surface area contributed by atoms with E-state index in [4.69, 9.17) is 4.74 Å². The molecule has 0 bridgehead atoms. The summed E-state index contributed by atoms with van der Waals surface area (Å²) in [7, 11) is -1.91. The molecule has 0 unspecified atom stereocenters. The van der Waals surface area contributed by atoms with Gasteiger partial charge in [-0.05, 0) is 18.1 Å². The zero-order valence-electron chi connectivity index (χ0n) is 13.5. The van der Waals surface area contributed by atoms with Crippen LogP contribution in [0.5, 0.6) is 5.75 Å². The molecular weight excluding hydrogens is 304 g/mol. The van der Waals surface area contributed by atoms with Gasteiger partial charge in [0.15, 0.2) is 0 Å². The fraction of sp³-hybridized carbons (Fsp3) is 0.533. The van der Waals surface area contributed by atoms with E-state index in [0.717, 1.165) is 6.26 Å². The van der Waals surface area contributed by atoms with Gasteiger partial charge in [-0.2, -0.15) is 0 Å². The number of hydrogen-bond acceptors (Lipinski definition) is 4. The Morgan fingerprint density at radius 2 is 2.05 bits per heavy atom. The Kier molecular flexibility index (Phi) is 6.67. The molecule has 1 aromatic rings. The average Bonchev–Trinajstić information content (AvgIpc) is 2.41. The lowest BCUT2D eigenvalue weighted by atomic mass is 10.1. The molecule has 1 amide bonds. The number of hydrogen-bond donors (Lipinski definition) is 1. The highest BCUT2D eigenvalue weighted by atomic mass is 32.2. The summed E-state index contributed by atoms with van der Waals surface area (Å²) < 4.78 is 30.3. The minimum absolute atomic E-state index is 0.0749. The summed E-state index contributed by atoms with van der Waals surface area (Å²) in [6.45, 7) is 4.35. The van der Waals surface area contributed by atoms with Crippen LogP contribution in [0.3, 0.4) is 0 Å². The number of benzene rings is 1. The molecule has 7 heteroatoms. The minimum Gasteiger partial charge on any atom is -0.497 e. The SMILES string of the molecule is COc1cccc(N(CCNC(=O)CC(C)C)S(C)(=O)=O)c1. The Morgan fingerprint density at radius 1 is 1.36 bits per heavy atom. The molecule has 1 aromatic carbocycles. The van der Waals surface area contributed by atoms with Crippen molar-refractivity contribution in [3.05, 3.63) is 24.3 Å². The van der Waals surface area contributed by atoms with Crippen LogP contribution in [0.15, 0.2) is 24.3 Å². The lowest BCUT2D eigenvalue weighted by Gasteiger charge is -2.23. The van der Waals surface area contributed by atoms with Gasteiger partial charge in [0.05, 0.1) is 25.6 Å². The molecule has 0 aromatic heterocycles. The van der Waals surface area contributed by atoms with E-state index < -0.39 is 10.0 Å². The zero-order valence-corrected chi connectivity index (χ0v) is 14.3. The van der Waals surface area contributed by atoms with E-state index in [1.807, 2.05) is 13.8 Å². The van der Waals surface area contributed by atoms with Gasteiger partial charge in [0.1, 0.15) is 5.75 Å². The van der Waals surface area contributed by atoms with Crippen LogP contribution in [-0.2, 0) is 14.8 Å². The van der Waals surface area contributed by atoms with Gasteiger partial charge >= 0.3 is 0 Å². The Hall–Kier alpha value is -1.76. The van der Waals surface area contributed by atoms with Crippen molar-refractivity contribution < 1.29 is 17.9 Å². The third-order valence-corrected chi connectivity index (χ3v) is 4.17. The molecule has 6 nitrogen and oxygen atoms in total. The first-order valence-electron chi connectivity index (χ1n) is 7.12. The number of ether oxygens (including phenoxy) is 1. The van der Waals surface area contributed by atoms with Crippen molar-refractivity contribution in [2.45, 2.75) is 20.3 Å². The lowest BCUT2D eigenvalue weighted by Crippen LogP contribution is -2.38. The predicted molar refractivity (Wildman–Crippen MR) is 87.6 cm³/mol. The second kappa shape index (κ2) is 8.03. The van der Waals surface area contributed by atoms with Gasteiger partial charge < -0.3 is 10.1 Å². The second-order valence-corrected chi connectivity index (χ2v) is 7.39. The number of sulfonamides is 1. The molecule has 0 saturated carbocycles. The summed E-state index contributed by atoms with van der Waals surface area (Å²) in [4.78, 5) is 11.6. The van der Waals surface area contributed by atoms with Crippen LogP contribution in [0.2, 0.25) is 0 Å². The molecule has 0 heterocycles. The quantitative estimate of drug-likeness (QED) is 0.787. The monoisotopic (exact) mass is 328 g/mol. The van der Waals surface area contributed by atoms with Gasteiger partial charge in [0.2, 0.25) is 15.9 Å². The Bertz CT molecular complexity index is 599. The van der Waals surface area contributed by atoms with Gasteiger partial charge in [0.25, 0.3) is 0 Å². The van der Waals surface area contributed by atoms with Crippen LogP contribution < -0.4 is 14.4 Å². The first kappa shape index (κ1) is 18.3. The fourth-order valence-corrected chi connectivity index (χ4v) is 2.91. The maximum Gasteiger partial charge on any atom is 0.232 e. The van der Waals surface area contributed by atoms with Gasteiger partial charge in [-0.1, -0.05) is 19.9 Å². The molecule has 0 radical (unpaired) electrons. The third-order valence-electron chi connectivity index (χ3n) is 2.97. The number of rotatable bonds is 8. The fourth-order valence-electron chi connectivity index (χ4n) is 1.99. The van der Waals surface area contributed by atoms with Crippen molar-refractivity contribution >= 4 is 21.6 Å². The van der Waals surface area contributed by atoms with Crippen molar-refractivity contribution in [1.82, 2.24) is 5.32 Å².